The second-order valence-corrected chi connectivity index (χ2v) is 7.83. The van der Waals surface area contributed by atoms with Crippen LogP contribution in [0.3, 0.4) is 0 Å². The molecule has 3 aromatic rings. The van der Waals surface area contributed by atoms with Gasteiger partial charge in [0.25, 0.3) is 0 Å². The molecule has 0 aliphatic heterocycles. The number of carbonyl (C=O) groups is 1. The van der Waals surface area contributed by atoms with Crippen molar-refractivity contribution in [2.45, 2.75) is 36.2 Å². The summed E-state index contributed by atoms with van der Waals surface area (Å²) in [7, 11) is 0. The number of Topliss-reactive ketones (excluding diaryl/α,β-unsaturated/α-hetero) is 1. The van der Waals surface area contributed by atoms with Gasteiger partial charge in [-0.2, -0.15) is 0 Å². The molecule has 0 N–H and O–H groups in total. The summed E-state index contributed by atoms with van der Waals surface area (Å²) in [6, 6.07) is 12.2. The van der Waals surface area contributed by atoms with E-state index in [1.54, 1.807) is 25.1 Å². The Labute approximate surface area is 159 Å². The number of ketones is 1. The molecule has 1 aliphatic rings. The van der Waals surface area contributed by atoms with E-state index in [2.05, 4.69) is 10.2 Å². The van der Waals surface area contributed by atoms with Crippen LogP contribution in [-0.2, 0) is 0 Å². The minimum absolute atomic E-state index is 0.113. The van der Waals surface area contributed by atoms with Gasteiger partial charge in [0.05, 0.1) is 10.8 Å². The van der Waals surface area contributed by atoms with Gasteiger partial charge in [-0.3, -0.25) is 9.36 Å². The van der Waals surface area contributed by atoms with E-state index in [0.29, 0.717) is 22.1 Å². The Morgan fingerprint density at radius 2 is 1.81 bits per heavy atom. The van der Waals surface area contributed by atoms with Crippen LogP contribution in [0.2, 0.25) is 0 Å². The van der Waals surface area contributed by atoms with Crippen molar-refractivity contribution >= 4 is 17.5 Å². The minimum Gasteiger partial charge on any atom is -0.299 e. The Morgan fingerprint density at radius 1 is 1.11 bits per heavy atom. The van der Waals surface area contributed by atoms with E-state index in [4.69, 9.17) is 0 Å². The second kappa shape index (κ2) is 7.23. The van der Waals surface area contributed by atoms with Crippen molar-refractivity contribution in [3.05, 3.63) is 65.7 Å². The van der Waals surface area contributed by atoms with Crippen LogP contribution in [0.1, 0.15) is 36.2 Å². The third-order valence-electron chi connectivity index (χ3n) is 4.47. The highest BCUT2D eigenvalue weighted by atomic mass is 32.2. The van der Waals surface area contributed by atoms with Gasteiger partial charge < -0.3 is 0 Å². The van der Waals surface area contributed by atoms with E-state index in [9.17, 15) is 13.6 Å². The summed E-state index contributed by atoms with van der Waals surface area (Å²) in [5.41, 5.74) is 0.851. The fraction of sp³-hybridized carbons (Fsp3) is 0.250. The van der Waals surface area contributed by atoms with Crippen molar-refractivity contribution in [3.63, 3.8) is 0 Å². The average Bonchev–Trinajstić information content (AvgIpc) is 3.43. The quantitative estimate of drug-likeness (QED) is 0.446. The first-order valence-corrected chi connectivity index (χ1v) is 9.59. The van der Waals surface area contributed by atoms with Crippen molar-refractivity contribution in [1.29, 1.82) is 0 Å². The number of thioether (sulfide) groups is 1. The van der Waals surface area contributed by atoms with Crippen LogP contribution in [0.25, 0.3) is 11.4 Å². The summed E-state index contributed by atoms with van der Waals surface area (Å²) in [5, 5.41) is 8.59. The number of benzene rings is 2. The zero-order valence-corrected chi connectivity index (χ0v) is 15.4. The molecule has 2 aromatic carbocycles. The van der Waals surface area contributed by atoms with Crippen LogP contribution in [0, 0.1) is 11.6 Å². The molecule has 0 amide bonds. The summed E-state index contributed by atoms with van der Waals surface area (Å²) >= 11 is 1.29. The zero-order chi connectivity index (χ0) is 19.0. The van der Waals surface area contributed by atoms with E-state index in [0.717, 1.165) is 12.8 Å². The minimum atomic E-state index is -0.425. The summed E-state index contributed by atoms with van der Waals surface area (Å²) < 4.78 is 29.2. The number of nitrogens with zero attached hydrogens (tertiary/aromatic N) is 3. The van der Waals surface area contributed by atoms with Crippen LogP contribution in [-0.4, -0.2) is 25.8 Å². The summed E-state index contributed by atoms with van der Waals surface area (Å²) in [4.78, 5) is 12.6. The lowest BCUT2D eigenvalue weighted by atomic mass is 10.1. The van der Waals surface area contributed by atoms with Crippen LogP contribution in [0.5, 0.6) is 0 Å². The first kappa shape index (κ1) is 17.9. The molecule has 0 unspecified atom stereocenters. The molecular weight excluding hydrogens is 368 g/mol. The Balaban J connectivity index is 1.62. The molecule has 1 aromatic heterocycles. The molecule has 1 saturated carbocycles. The van der Waals surface area contributed by atoms with E-state index in [1.165, 1.54) is 42.1 Å². The van der Waals surface area contributed by atoms with Crippen LogP contribution >= 0.6 is 11.8 Å². The van der Waals surface area contributed by atoms with Gasteiger partial charge >= 0.3 is 0 Å². The molecule has 7 heteroatoms. The van der Waals surface area contributed by atoms with Crippen LogP contribution in [0.15, 0.2) is 53.7 Å². The van der Waals surface area contributed by atoms with Crippen LogP contribution < -0.4 is 0 Å². The highest BCUT2D eigenvalue weighted by molar-refractivity contribution is 8.00. The Hall–Kier alpha value is -2.54. The average molecular weight is 385 g/mol. The van der Waals surface area contributed by atoms with E-state index >= 15 is 0 Å². The van der Waals surface area contributed by atoms with Crippen molar-refractivity contribution in [2.24, 2.45) is 0 Å². The molecule has 138 valence electrons. The van der Waals surface area contributed by atoms with Gasteiger partial charge in [-0.25, -0.2) is 8.78 Å². The van der Waals surface area contributed by atoms with Crippen LogP contribution in [0.4, 0.5) is 8.78 Å². The summed E-state index contributed by atoms with van der Waals surface area (Å²) in [6.07, 6.45) is 1.96. The molecule has 0 radical (unpaired) electrons. The van der Waals surface area contributed by atoms with Gasteiger partial charge in [-0.05, 0) is 56.2 Å². The SMILES string of the molecule is C[C@H](Sc1nnc(-c2ccccc2F)n1C1CC1)C(=O)c1ccc(F)cc1. The highest BCUT2D eigenvalue weighted by Gasteiger charge is 2.32. The fourth-order valence-corrected chi connectivity index (χ4v) is 3.90. The topological polar surface area (TPSA) is 47.8 Å². The van der Waals surface area contributed by atoms with E-state index in [-0.39, 0.29) is 23.5 Å². The van der Waals surface area contributed by atoms with E-state index < -0.39 is 5.25 Å². The lowest BCUT2D eigenvalue weighted by molar-refractivity contribution is 0.0994. The third kappa shape index (κ3) is 3.64. The zero-order valence-electron chi connectivity index (χ0n) is 14.6. The largest absolute Gasteiger partial charge is 0.299 e. The smallest absolute Gasteiger partial charge is 0.192 e. The number of hydrogen-bond acceptors (Lipinski definition) is 4. The fourth-order valence-electron chi connectivity index (χ4n) is 2.91. The number of rotatable bonds is 6. The third-order valence-corrected chi connectivity index (χ3v) is 5.53. The summed E-state index contributed by atoms with van der Waals surface area (Å²) in [6.45, 7) is 1.78. The predicted molar refractivity (Wildman–Crippen MR) is 99.7 cm³/mol. The molecule has 1 fully saturated rings. The van der Waals surface area contributed by atoms with Crippen molar-refractivity contribution in [3.8, 4) is 11.4 Å². The Morgan fingerprint density at radius 3 is 2.48 bits per heavy atom. The monoisotopic (exact) mass is 385 g/mol. The van der Waals surface area contributed by atoms with Crippen molar-refractivity contribution < 1.29 is 13.6 Å². The van der Waals surface area contributed by atoms with Gasteiger partial charge in [0, 0.05) is 11.6 Å². The molecule has 4 rings (SSSR count). The van der Waals surface area contributed by atoms with Gasteiger partial charge in [0.1, 0.15) is 11.6 Å². The summed E-state index contributed by atoms with van der Waals surface area (Å²) in [5.74, 6) is -0.356. The first-order chi connectivity index (χ1) is 13.0. The predicted octanol–water partition coefficient (Wildman–Crippen LogP) is 4.92. The van der Waals surface area contributed by atoms with Crippen molar-refractivity contribution in [2.75, 3.05) is 0 Å². The van der Waals surface area contributed by atoms with Gasteiger partial charge in [-0.1, -0.05) is 23.9 Å². The van der Waals surface area contributed by atoms with Crippen molar-refractivity contribution in [1.82, 2.24) is 14.8 Å². The standard InChI is InChI=1S/C20H17F2N3OS/c1-12(18(26)13-6-8-14(21)9-7-13)27-20-24-23-19(25(20)15-10-11-15)16-4-2-3-5-17(16)22/h2-9,12,15H,10-11H2,1H3/t12-/m0/s1. The van der Waals surface area contributed by atoms with E-state index in [1.807, 2.05) is 4.57 Å². The molecule has 4 nitrogen and oxygen atoms in total. The lowest BCUT2D eigenvalue weighted by Gasteiger charge is -2.12. The molecular formula is C20H17F2N3OS. The number of carbonyl (C=O) groups excluding carboxylic acids is 1. The molecule has 27 heavy (non-hydrogen) atoms. The van der Waals surface area contributed by atoms with Gasteiger partial charge in [0.15, 0.2) is 16.8 Å². The maximum atomic E-state index is 14.2. The molecule has 1 atom stereocenters. The maximum absolute atomic E-state index is 14.2. The van der Waals surface area contributed by atoms with Gasteiger partial charge in [0.2, 0.25) is 0 Å². The lowest BCUT2D eigenvalue weighted by Crippen LogP contribution is -2.14. The number of hydrogen-bond donors (Lipinski definition) is 0. The molecule has 0 saturated heterocycles. The van der Waals surface area contributed by atoms with Gasteiger partial charge in [-0.15, -0.1) is 10.2 Å². The molecule has 0 bridgehead atoms. The second-order valence-electron chi connectivity index (χ2n) is 6.52. The molecule has 1 aliphatic carbocycles. The molecule has 1 heterocycles. The highest BCUT2D eigenvalue weighted by Crippen LogP contribution is 2.42. The number of aromatic nitrogens is 3. The first-order valence-electron chi connectivity index (χ1n) is 8.71. The number of halogens is 2. The normalized spacial score (nSPS) is 14.9. The molecule has 0 spiro atoms. The maximum Gasteiger partial charge on any atom is 0.192 e. The Bertz CT molecular complexity index is 983. The Kier molecular flexibility index (Phi) is 4.78.